The van der Waals surface area contributed by atoms with E-state index in [4.69, 9.17) is 0 Å². The Kier molecular flexibility index (Phi) is 7.63. The molecular weight excluding hydrogens is 553 g/mol. The molecule has 0 fully saturated rings. The Bertz CT molecular complexity index is 1460. The fourth-order valence-electron chi connectivity index (χ4n) is 3.51. The molecule has 4 rings (SSSR count). The molecule has 0 unspecified atom stereocenters. The SMILES string of the molecule is Cc1cc(C)nc(SCc2c(C(=O)Nc3cc(C(F)(F)F)cc(C(F)(F)F)c3)nnn2-c2ccc(F)cc2)n1. The van der Waals surface area contributed by atoms with Crippen LogP contribution in [0.5, 0.6) is 0 Å². The number of nitrogens with one attached hydrogen (secondary N) is 1. The monoisotopic (exact) mass is 570 g/mol. The van der Waals surface area contributed by atoms with Crippen LogP contribution in [0.2, 0.25) is 0 Å². The van der Waals surface area contributed by atoms with E-state index in [0.717, 1.165) is 23.9 Å². The minimum absolute atomic E-state index is 0.0214. The zero-order chi connectivity index (χ0) is 28.5. The molecule has 2 aromatic carbocycles. The zero-order valence-electron chi connectivity index (χ0n) is 20.0. The Labute approximate surface area is 220 Å². The van der Waals surface area contributed by atoms with E-state index in [-0.39, 0.29) is 23.2 Å². The molecule has 0 aliphatic rings. The van der Waals surface area contributed by atoms with Crippen molar-refractivity contribution >= 4 is 23.4 Å². The second kappa shape index (κ2) is 10.6. The van der Waals surface area contributed by atoms with Gasteiger partial charge in [-0.1, -0.05) is 17.0 Å². The first-order chi connectivity index (χ1) is 18.2. The van der Waals surface area contributed by atoms with Crippen molar-refractivity contribution in [2.24, 2.45) is 0 Å². The Morgan fingerprint density at radius 2 is 1.46 bits per heavy atom. The van der Waals surface area contributed by atoms with Gasteiger partial charge in [0.1, 0.15) is 5.82 Å². The Balaban J connectivity index is 1.72. The van der Waals surface area contributed by atoms with E-state index in [2.05, 4.69) is 25.6 Å². The number of carbonyl (C=O) groups excluding carboxylic acids is 1. The van der Waals surface area contributed by atoms with Crippen LogP contribution in [-0.4, -0.2) is 30.9 Å². The van der Waals surface area contributed by atoms with E-state index >= 15 is 0 Å². The van der Waals surface area contributed by atoms with E-state index in [1.165, 1.54) is 16.8 Å². The lowest BCUT2D eigenvalue weighted by Crippen LogP contribution is -2.17. The molecule has 0 bridgehead atoms. The summed E-state index contributed by atoms with van der Waals surface area (Å²) in [5.74, 6) is -1.67. The first kappa shape index (κ1) is 28.0. The van der Waals surface area contributed by atoms with Crippen LogP contribution in [0, 0.1) is 19.7 Å². The Hall–Kier alpha value is -4.01. The van der Waals surface area contributed by atoms with Gasteiger partial charge in [0.15, 0.2) is 10.9 Å². The van der Waals surface area contributed by atoms with Crippen molar-refractivity contribution in [3.63, 3.8) is 0 Å². The summed E-state index contributed by atoms with van der Waals surface area (Å²) in [6, 6.07) is 7.46. The van der Waals surface area contributed by atoms with Crippen LogP contribution in [0.3, 0.4) is 0 Å². The van der Waals surface area contributed by atoms with Gasteiger partial charge in [0.2, 0.25) is 0 Å². The molecule has 0 aliphatic heterocycles. The molecule has 1 amide bonds. The van der Waals surface area contributed by atoms with Gasteiger partial charge in [-0.15, -0.1) is 5.10 Å². The quantitative estimate of drug-likeness (QED) is 0.164. The summed E-state index contributed by atoms with van der Waals surface area (Å²) in [5, 5.41) is 10.1. The number of alkyl halides is 6. The highest BCUT2D eigenvalue weighted by Gasteiger charge is 2.37. The number of benzene rings is 2. The van der Waals surface area contributed by atoms with Gasteiger partial charge >= 0.3 is 12.4 Å². The summed E-state index contributed by atoms with van der Waals surface area (Å²) < 4.78 is 94.2. The van der Waals surface area contributed by atoms with Crippen LogP contribution in [0.4, 0.5) is 36.4 Å². The highest BCUT2D eigenvalue weighted by atomic mass is 32.2. The van der Waals surface area contributed by atoms with E-state index in [0.29, 0.717) is 34.4 Å². The molecule has 2 heterocycles. The minimum atomic E-state index is -5.10. The normalized spacial score (nSPS) is 12.0. The highest BCUT2D eigenvalue weighted by Crippen LogP contribution is 2.37. The summed E-state index contributed by atoms with van der Waals surface area (Å²) in [4.78, 5) is 21.7. The molecule has 0 saturated carbocycles. The first-order valence-corrected chi connectivity index (χ1v) is 12.0. The molecule has 0 saturated heterocycles. The molecular formula is C24H17F7N6OS. The number of carbonyl (C=O) groups is 1. The minimum Gasteiger partial charge on any atom is -0.321 e. The molecule has 1 N–H and O–H groups in total. The molecule has 0 spiro atoms. The second-order valence-corrected chi connectivity index (χ2v) is 9.19. The molecule has 0 radical (unpaired) electrons. The van der Waals surface area contributed by atoms with Crippen molar-refractivity contribution in [1.82, 2.24) is 25.0 Å². The first-order valence-electron chi connectivity index (χ1n) is 11.0. The summed E-state index contributed by atoms with van der Waals surface area (Å²) >= 11 is 1.09. The number of aromatic nitrogens is 5. The van der Waals surface area contributed by atoms with Crippen LogP contribution in [0.25, 0.3) is 5.69 Å². The van der Waals surface area contributed by atoms with Crippen LogP contribution >= 0.6 is 11.8 Å². The molecule has 0 aliphatic carbocycles. The number of hydrogen-bond donors (Lipinski definition) is 1. The third-order valence-corrected chi connectivity index (χ3v) is 6.05. The molecule has 0 atom stereocenters. The van der Waals surface area contributed by atoms with Crippen molar-refractivity contribution in [1.29, 1.82) is 0 Å². The Morgan fingerprint density at radius 1 is 0.897 bits per heavy atom. The number of hydrogen-bond acceptors (Lipinski definition) is 6. The third kappa shape index (κ3) is 6.71. The molecule has 204 valence electrons. The summed E-state index contributed by atoms with van der Waals surface area (Å²) in [5.41, 5.74) is -2.52. The number of amides is 1. The van der Waals surface area contributed by atoms with Crippen molar-refractivity contribution in [3.8, 4) is 5.69 Å². The summed E-state index contributed by atoms with van der Waals surface area (Å²) in [6.45, 7) is 3.51. The van der Waals surface area contributed by atoms with Crippen molar-refractivity contribution < 1.29 is 35.5 Å². The second-order valence-electron chi connectivity index (χ2n) is 8.24. The number of thioether (sulfide) groups is 1. The molecule has 7 nitrogen and oxygen atoms in total. The average Bonchev–Trinajstić information content (AvgIpc) is 3.25. The van der Waals surface area contributed by atoms with Crippen LogP contribution in [0.15, 0.2) is 53.7 Å². The Morgan fingerprint density at radius 3 is 2.00 bits per heavy atom. The van der Waals surface area contributed by atoms with E-state index in [9.17, 15) is 35.5 Å². The number of aryl methyl sites for hydroxylation is 2. The third-order valence-electron chi connectivity index (χ3n) is 5.19. The predicted octanol–water partition coefficient (Wildman–Crippen LogP) is 6.40. The molecule has 2 aromatic heterocycles. The average molecular weight is 570 g/mol. The highest BCUT2D eigenvalue weighted by molar-refractivity contribution is 7.98. The van der Waals surface area contributed by atoms with Gasteiger partial charge in [0.05, 0.1) is 22.5 Å². The maximum atomic E-state index is 13.5. The standard InChI is InChI=1S/C24H17F7N6OS/c1-12-7-13(2)33-22(32-12)39-11-19-20(35-36-37(19)18-5-3-16(25)4-6-18)21(38)34-17-9-14(23(26,27)28)8-15(10-17)24(29,30)31/h3-10H,11H2,1-2H3,(H,34,38). The van der Waals surface area contributed by atoms with Crippen LogP contribution in [0.1, 0.15) is 38.7 Å². The van der Waals surface area contributed by atoms with Crippen molar-refractivity contribution in [2.45, 2.75) is 37.1 Å². The van der Waals surface area contributed by atoms with Gasteiger partial charge in [0.25, 0.3) is 5.91 Å². The number of nitrogens with zero attached hydrogens (tertiary/aromatic N) is 5. The van der Waals surface area contributed by atoms with E-state index in [1.807, 2.05) is 0 Å². The van der Waals surface area contributed by atoms with Gasteiger partial charge in [0, 0.05) is 22.8 Å². The lowest BCUT2D eigenvalue weighted by molar-refractivity contribution is -0.143. The van der Waals surface area contributed by atoms with Crippen molar-refractivity contribution in [2.75, 3.05) is 5.32 Å². The topological polar surface area (TPSA) is 85.6 Å². The van der Waals surface area contributed by atoms with Crippen LogP contribution in [-0.2, 0) is 18.1 Å². The number of anilines is 1. The smallest absolute Gasteiger partial charge is 0.321 e. The van der Waals surface area contributed by atoms with E-state index < -0.39 is 40.9 Å². The molecule has 4 aromatic rings. The van der Waals surface area contributed by atoms with Crippen LogP contribution < -0.4 is 5.32 Å². The fraction of sp³-hybridized carbons (Fsp3) is 0.208. The maximum absolute atomic E-state index is 13.5. The van der Waals surface area contributed by atoms with Gasteiger partial charge < -0.3 is 5.32 Å². The maximum Gasteiger partial charge on any atom is 0.416 e. The molecule has 15 heteroatoms. The summed E-state index contributed by atoms with van der Waals surface area (Å²) in [6.07, 6.45) is -10.2. The number of rotatable bonds is 6. The lowest BCUT2D eigenvalue weighted by atomic mass is 10.1. The summed E-state index contributed by atoms with van der Waals surface area (Å²) in [7, 11) is 0. The van der Waals surface area contributed by atoms with E-state index in [1.54, 1.807) is 19.9 Å². The molecule has 39 heavy (non-hydrogen) atoms. The predicted molar refractivity (Wildman–Crippen MR) is 127 cm³/mol. The van der Waals surface area contributed by atoms with Crippen molar-refractivity contribution in [3.05, 3.63) is 88.3 Å². The van der Waals surface area contributed by atoms with Gasteiger partial charge in [-0.3, -0.25) is 4.79 Å². The van der Waals surface area contributed by atoms with Gasteiger partial charge in [-0.2, -0.15) is 26.3 Å². The lowest BCUT2D eigenvalue weighted by Gasteiger charge is -2.14. The van der Waals surface area contributed by atoms with Gasteiger partial charge in [-0.25, -0.2) is 19.0 Å². The van der Waals surface area contributed by atoms with Gasteiger partial charge in [-0.05, 0) is 62.4 Å². The number of halogens is 7. The zero-order valence-corrected chi connectivity index (χ0v) is 20.8. The fourth-order valence-corrected chi connectivity index (χ4v) is 4.45. The largest absolute Gasteiger partial charge is 0.416 e.